The van der Waals surface area contributed by atoms with Gasteiger partial charge in [-0.3, -0.25) is 0 Å². The van der Waals surface area contributed by atoms with Crippen LogP contribution in [-0.4, -0.2) is 13.3 Å². The fourth-order valence-electron chi connectivity index (χ4n) is 0.926. The summed E-state index contributed by atoms with van der Waals surface area (Å²) in [6, 6.07) is 0.590. The second-order valence-corrected chi connectivity index (χ2v) is 2.81. The molecule has 1 aromatic carbocycles. The molecule has 0 heterocycles. The fraction of sp³-hybridized carbons (Fsp3) is 0.143. The zero-order chi connectivity index (χ0) is 12.6. The maximum atomic E-state index is 12.7. The molecule has 0 amide bonds. The molecule has 0 aliphatic carbocycles. The maximum Gasteiger partial charge on any atom is 1.00 e. The van der Waals surface area contributed by atoms with E-state index in [4.69, 9.17) is 0 Å². The predicted molar refractivity (Wildman–Crippen MR) is 41.8 cm³/mol. The van der Waals surface area contributed by atoms with Gasteiger partial charge in [-0.05, 0) is 12.1 Å². The average molecular weight is 286 g/mol. The fourth-order valence-corrected chi connectivity index (χ4v) is 0.926. The van der Waals surface area contributed by atoms with Gasteiger partial charge in [-0.15, -0.1) is 18.6 Å². The molecule has 1 nitrogen and oxygen atoms in total. The van der Waals surface area contributed by atoms with E-state index in [9.17, 15) is 30.5 Å². The molecule has 0 saturated carbocycles. The van der Waals surface area contributed by atoms with Gasteiger partial charge < -0.3 is 17.7 Å². The molecule has 1 rings (SSSR count). The van der Waals surface area contributed by atoms with E-state index in [-0.39, 0.29) is 63.5 Å². The zero-order valence-electron chi connectivity index (χ0n) is 8.36. The average Bonchev–Trinajstić information content (AvgIpc) is 2.04. The van der Waals surface area contributed by atoms with E-state index in [1.165, 1.54) is 0 Å². The minimum Gasteiger partial charge on any atom is -0.445 e. The Morgan fingerprint density at radius 2 is 1.59 bits per heavy atom. The summed E-state index contributed by atoms with van der Waals surface area (Å²) in [6.45, 7) is -5.50. The summed E-state index contributed by atoms with van der Waals surface area (Å²) in [5.74, 6) is -3.01. The Morgan fingerprint density at radius 1 is 1.06 bits per heavy atom. The Labute approximate surface area is 134 Å². The second kappa shape index (κ2) is 5.91. The van der Waals surface area contributed by atoms with Crippen molar-refractivity contribution in [2.24, 2.45) is 0 Å². The minimum atomic E-state index is -5.50. The van der Waals surface area contributed by atoms with Crippen LogP contribution in [0.1, 0.15) is 0 Å². The Hall–Kier alpha value is 0.231. The molecule has 17 heavy (non-hydrogen) atoms. The molecule has 0 N–H and O–H groups in total. The van der Waals surface area contributed by atoms with Crippen molar-refractivity contribution in [2.75, 3.05) is 0 Å². The van der Waals surface area contributed by atoms with Crippen LogP contribution in [0.15, 0.2) is 18.2 Å². The van der Waals surface area contributed by atoms with E-state index in [2.05, 4.69) is 4.74 Å². The Kier molecular flexibility index (Phi) is 6.00. The number of alkyl halides is 3. The molecule has 0 atom stereocenters. The van der Waals surface area contributed by atoms with E-state index in [1.807, 2.05) is 0 Å². The Morgan fingerprint density at radius 3 is 2.00 bits per heavy atom. The summed E-state index contributed by atoms with van der Waals surface area (Å²) < 4.78 is 87.3. The minimum absolute atomic E-state index is 0. The van der Waals surface area contributed by atoms with Crippen LogP contribution in [0.2, 0.25) is 0 Å². The third kappa shape index (κ3) is 5.60. The predicted octanol–water partition coefficient (Wildman–Crippen LogP) is -0.217. The summed E-state index contributed by atoms with van der Waals surface area (Å²) in [7, 11) is 0. The standard InChI is InChI=1S/C7H3BF7O.K/c9-5-2-1-4(8(13,14)15)3-6(5)16-7(10,11)12;/h1-3H;/q-1;+1. The van der Waals surface area contributed by atoms with Crippen LogP contribution in [0.3, 0.4) is 0 Å². The zero-order valence-corrected chi connectivity index (χ0v) is 11.5. The summed E-state index contributed by atoms with van der Waals surface area (Å²) in [5, 5.41) is 0. The van der Waals surface area contributed by atoms with Crippen LogP contribution in [0.5, 0.6) is 5.75 Å². The normalized spacial score (nSPS) is 11.9. The molecule has 0 spiro atoms. The van der Waals surface area contributed by atoms with Gasteiger partial charge in [0.25, 0.3) is 0 Å². The number of hydrogen-bond acceptors (Lipinski definition) is 1. The van der Waals surface area contributed by atoms with Crippen molar-refractivity contribution in [3.8, 4) is 5.75 Å². The molecule has 0 saturated heterocycles. The third-order valence-corrected chi connectivity index (χ3v) is 1.56. The number of ether oxygens (including phenoxy) is 1. The van der Waals surface area contributed by atoms with Crippen LogP contribution in [-0.2, 0) is 0 Å². The third-order valence-electron chi connectivity index (χ3n) is 1.56. The summed E-state index contributed by atoms with van der Waals surface area (Å²) >= 11 is 0. The molecular weight excluding hydrogens is 283 g/mol. The second-order valence-electron chi connectivity index (χ2n) is 2.81. The molecule has 0 bridgehead atoms. The Balaban J connectivity index is 0.00000256. The summed E-state index contributed by atoms with van der Waals surface area (Å²) in [6.07, 6.45) is -5.24. The topological polar surface area (TPSA) is 9.23 Å². The first kappa shape index (κ1) is 17.2. The van der Waals surface area contributed by atoms with Crippen molar-refractivity contribution in [3.05, 3.63) is 24.0 Å². The molecule has 0 fully saturated rings. The van der Waals surface area contributed by atoms with Crippen molar-refractivity contribution in [1.29, 1.82) is 0 Å². The van der Waals surface area contributed by atoms with Crippen LogP contribution in [0.4, 0.5) is 30.5 Å². The number of hydrogen-bond donors (Lipinski definition) is 0. The molecule has 0 aromatic heterocycles. The van der Waals surface area contributed by atoms with Gasteiger partial charge in [0.05, 0.1) is 0 Å². The largest absolute Gasteiger partial charge is 1.00 e. The van der Waals surface area contributed by atoms with Crippen LogP contribution < -0.4 is 61.6 Å². The smallest absolute Gasteiger partial charge is 0.445 e. The van der Waals surface area contributed by atoms with E-state index < -0.39 is 30.4 Å². The number of halogens is 7. The molecule has 0 aliphatic heterocycles. The van der Waals surface area contributed by atoms with Gasteiger partial charge in [0.1, 0.15) is 0 Å². The van der Waals surface area contributed by atoms with Gasteiger partial charge in [-0.25, -0.2) is 4.39 Å². The van der Waals surface area contributed by atoms with Gasteiger partial charge in [-0.2, -0.15) is 0 Å². The van der Waals surface area contributed by atoms with Gasteiger partial charge in [0.2, 0.25) is 0 Å². The number of rotatable bonds is 2. The van der Waals surface area contributed by atoms with Crippen LogP contribution in [0.25, 0.3) is 0 Å². The first-order valence-corrected chi connectivity index (χ1v) is 3.85. The van der Waals surface area contributed by atoms with Crippen molar-refractivity contribution in [3.63, 3.8) is 0 Å². The molecule has 1 aromatic rings. The molecule has 90 valence electrons. The monoisotopic (exact) mass is 286 g/mol. The summed E-state index contributed by atoms with van der Waals surface area (Å²) in [4.78, 5) is 0. The van der Waals surface area contributed by atoms with Gasteiger partial charge in [0.15, 0.2) is 11.6 Å². The SMILES string of the molecule is Fc1ccc([B-](F)(F)F)cc1OC(F)(F)F.[K+]. The van der Waals surface area contributed by atoms with Gasteiger partial charge in [-0.1, -0.05) is 6.07 Å². The molecule has 0 aliphatic rings. The van der Waals surface area contributed by atoms with E-state index in [1.54, 1.807) is 0 Å². The summed E-state index contributed by atoms with van der Waals surface area (Å²) in [5.41, 5.74) is -1.36. The molecular formula is C7H3BF7KO. The van der Waals surface area contributed by atoms with Crippen molar-refractivity contribution >= 4 is 12.4 Å². The first-order valence-electron chi connectivity index (χ1n) is 3.85. The van der Waals surface area contributed by atoms with Crippen LogP contribution >= 0.6 is 0 Å². The molecule has 0 unspecified atom stereocenters. The molecule has 0 radical (unpaired) electrons. The van der Waals surface area contributed by atoms with Gasteiger partial charge >= 0.3 is 64.7 Å². The van der Waals surface area contributed by atoms with Crippen molar-refractivity contribution in [2.45, 2.75) is 6.36 Å². The molecule has 10 heteroatoms. The van der Waals surface area contributed by atoms with E-state index in [0.717, 1.165) is 0 Å². The van der Waals surface area contributed by atoms with E-state index in [0.29, 0.717) is 6.07 Å². The van der Waals surface area contributed by atoms with Crippen LogP contribution in [0, 0.1) is 5.82 Å². The Bertz CT molecular complexity index is 389. The quantitative estimate of drug-likeness (QED) is 0.540. The first-order chi connectivity index (χ1) is 7.09. The van der Waals surface area contributed by atoms with Crippen molar-refractivity contribution < 1.29 is 86.6 Å². The van der Waals surface area contributed by atoms with E-state index >= 15 is 0 Å². The number of benzene rings is 1. The van der Waals surface area contributed by atoms with Gasteiger partial charge in [0, 0.05) is 0 Å². The van der Waals surface area contributed by atoms with Crippen molar-refractivity contribution in [1.82, 2.24) is 0 Å². The maximum absolute atomic E-state index is 12.7.